The molecule has 0 N–H and O–H groups in total. The molecular weight excluding hydrogens is 320 g/mol. The van der Waals surface area contributed by atoms with Crippen LogP contribution in [-0.2, 0) is 9.59 Å². The summed E-state index contributed by atoms with van der Waals surface area (Å²) in [6.45, 7) is 0. The second-order valence-electron chi connectivity index (χ2n) is 6.25. The fraction of sp³-hybridized carbons (Fsp3) is 0.375. The molecule has 4 aliphatic rings. The fourth-order valence-electron chi connectivity index (χ4n) is 4.10. The Morgan fingerprint density at radius 3 is 2.13 bits per heavy atom. The Kier molecular flexibility index (Phi) is 3.06. The molecule has 0 aromatic heterocycles. The van der Waals surface area contributed by atoms with E-state index < -0.39 is 4.92 Å². The molecule has 0 spiro atoms. The number of rotatable bonds is 2. The number of carbonyl (C=O) groups excluding carboxylic acids is 2. The number of fused-ring (bicyclic) bond motifs is 1. The fourth-order valence-corrected chi connectivity index (χ4v) is 4.30. The molecule has 7 heteroatoms. The molecular formula is C16H13ClN2O4. The van der Waals surface area contributed by atoms with Crippen molar-refractivity contribution >= 4 is 34.8 Å². The third-order valence-corrected chi connectivity index (χ3v) is 5.46. The average Bonchev–Trinajstić information content (AvgIpc) is 2.83. The number of anilines is 1. The summed E-state index contributed by atoms with van der Waals surface area (Å²) < 4.78 is 0. The molecule has 118 valence electrons. The molecule has 1 saturated heterocycles. The molecule has 6 nitrogen and oxygen atoms in total. The highest BCUT2D eigenvalue weighted by Gasteiger charge is 2.57. The third-order valence-electron chi connectivity index (χ3n) is 5.14. The van der Waals surface area contributed by atoms with Crippen LogP contribution in [0.3, 0.4) is 0 Å². The number of hydrogen-bond acceptors (Lipinski definition) is 4. The molecule has 2 amide bonds. The van der Waals surface area contributed by atoms with Gasteiger partial charge in [0.15, 0.2) is 0 Å². The lowest BCUT2D eigenvalue weighted by Crippen LogP contribution is -2.38. The van der Waals surface area contributed by atoms with Gasteiger partial charge < -0.3 is 0 Å². The summed E-state index contributed by atoms with van der Waals surface area (Å²) in [6, 6.07) is 3.81. The van der Waals surface area contributed by atoms with Gasteiger partial charge in [0.2, 0.25) is 11.8 Å². The van der Waals surface area contributed by atoms with Crippen LogP contribution in [0.4, 0.5) is 11.4 Å². The van der Waals surface area contributed by atoms with Crippen LogP contribution in [-0.4, -0.2) is 16.7 Å². The molecule has 0 unspecified atom stereocenters. The molecule has 1 aliphatic heterocycles. The zero-order chi connectivity index (χ0) is 16.3. The first-order chi connectivity index (χ1) is 11.0. The van der Waals surface area contributed by atoms with Gasteiger partial charge in [0.25, 0.3) is 5.69 Å². The number of halogens is 1. The second kappa shape index (κ2) is 4.89. The SMILES string of the molecule is O=C1[C@@H]2[C@@H](C(=O)N1c1cc([N+](=O)[O-])ccc1Cl)[C@H]1C=C[C@H]2CC1. The molecule has 23 heavy (non-hydrogen) atoms. The van der Waals surface area contributed by atoms with Crippen molar-refractivity contribution in [3.8, 4) is 0 Å². The number of nitrogens with zero attached hydrogens (tertiary/aromatic N) is 2. The Hall–Kier alpha value is -2.21. The smallest absolute Gasteiger partial charge is 0.271 e. The zero-order valence-corrected chi connectivity index (χ0v) is 12.8. The molecule has 3 aliphatic carbocycles. The number of carbonyl (C=O) groups is 2. The number of nitro benzene ring substituents is 1. The van der Waals surface area contributed by atoms with Gasteiger partial charge in [-0.15, -0.1) is 0 Å². The largest absolute Gasteiger partial charge is 0.274 e. The van der Waals surface area contributed by atoms with Crippen LogP contribution < -0.4 is 4.90 Å². The van der Waals surface area contributed by atoms with E-state index in [0.717, 1.165) is 17.7 Å². The number of benzene rings is 1. The Labute approximate surface area is 136 Å². The maximum Gasteiger partial charge on any atom is 0.271 e. The quantitative estimate of drug-likeness (QED) is 0.361. The van der Waals surface area contributed by atoms with E-state index in [-0.39, 0.29) is 51.9 Å². The predicted molar refractivity (Wildman–Crippen MR) is 82.9 cm³/mol. The second-order valence-corrected chi connectivity index (χ2v) is 6.65. The Morgan fingerprint density at radius 1 is 1.09 bits per heavy atom. The monoisotopic (exact) mass is 332 g/mol. The summed E-state index contributed by atoms with van der Waals surface area (Å²) in [4.78, 5) is 37.1. The van der Waals surface area contributed by atoms with Gasteiger partial charge in [-0.1, -0.05) is 23.8 Å². The lowest BCUT2D eigenvalue weighted by molar-refractivity contribution is -0.384. The van der Waals surface area contributed by atoms with Crippen LogP contribution in [0.2, 0.25) is 5.02 Å². The van der Waals surface area contributed by atoms with E-state index in [1.54, 1.807) is 0 Å². The Morgan fingerprint density at radius 2 is 1.65 bits per heavy atom. The first-order valence-corrected chi connectivity index (χ1v) is 7.87. The van der Waals surface area contributed by atoms with Crippen molar-refractivity contribution in [3.05, 3.63) is 45.5 Å². The van der Waals surface area contributed by atoms with Crippen molar-refractivity contribution in [3.63, 3.8) is 0 Å². The van der Waals surface area contributed by atoms with E-state index in [2.05, 4.69) is 0 Å². The number of amides is 2. The zero-order valence-electron chi connectivity index (χ0n) is 12.0. The molecule has 5 rings (SSSR count). The van der Waals surface area contributed by atoms with E-state index in [1.165, 1.54) is 18.2 Å². The Balaban J connectivity index is 1.79. The van der Waals surface area contributed by atoms with E-state index in [1.807, 2.05) is 12.2 Å². The molecule has 2 bridgehead atoms. The maximum absolute atomic E-state index is 12.8. The molecule has 0 radical (unpaired) electrons. The van der Waals surface area contributed by atoms with E-state index in [4.69, 9.17) is 11.6 Å². The van der Waals surface area contributed by atoms with E-state index in [9.17, 15) is 19.7 Å². The van der Waals surface area contributed by atoms with Crippen molar-refractivity contribution in [2.75, 3.05) is 4.90 Å². The van der Waals surface area contributed by atoms with Gasteiger partial charge in [-0.05, 0) is 30.7 Å². The summed E-state index contributed by atoms with van der Waals surface area (Å²) in [5.74, 6) is -1.15. The van der Waals surface area contributed by atoms with Crippen LogP contribution in [0.25, 0.3) is 0 Å². The molecule has 1 aromatic carbocycles. The van der Waals surface area contributed by atoms with Crippen molar-refractivity contribution < 1.29 is 14.5 Å². The number of hydrogen-bond donors (Lipinski definition) is 0. The van der Waals surface area contributed by atoms with Gasteiger partial charge in [-0.2, -0.15) is 0 Å². The van der Waals surface area contributed by atoms with Gasteiger partial charge in [0.05, 0.1) is 27.5 Å². The van der Waals surface area contributed by atoms with Gasteiger partial charge in [0.1, 0.15) is 0 Å². The van der Waals surface area contributed by atoms with E-state index >= 15 is 0 Å². The normalized spacial score (nSPS) is 31.6. The number of allylic oxidation sites excluding steroid dienone is 2. The van der Waals surface area contributed by atoms with Crippen molar-refractivity contribution in [2.45, 2.75) is 12.8 Å². The van der Waals surface area contributed by atoms with Gasteiger partial charge in [-0.25, -0.2) is 4.90 Å². The minimum Gasteiger partial charge on any atom is -0.274 e. The number of imide groups is 1. The van der Waals surface area contributed by atoms with E-state index in [0.29, 0.717) is 0 Å². The first kappa shape index (κ1) is 14.4. The van der Waals surface area contributed by atoms with Gasteiger partial charge >= 0.3 is 0 Å². The van der Waals surface area contributed by atoms with Crippen molar-refractivity contribution in [2.24, 2.45) is 23.7 Å². The summed E-state index contributed by atoms with van der Waals surface area (Å²) in [5.41, 5.74) is -0.0781. The lowest BCUT2D eigenvalue weighted by Gasteiger charge is -2.38. The van der Waals surface area contributed by atoms with Crippen LogP contribution in [0.5, 0.6) is 0 Å². The number of non-ortho nitro benzene ring substituents is 1. The summed E-state index contributed by atoms with van der Waals surface area (Å²) in [7, 11) is 0. The maximum atomic E-state index is 12.8. The summed E-state index contributed by atoms with van der Waals surface area (Å²) in [6.07, 6.45) is 5.86. The van der Waals surface area contributed by atoms with Crippen LogP contribution in [0.1, 0.15) is 12.8 Å². The highest BCUT2D eigenvalue weighted by molar-refractivity contribution is 6.36. The first-order valence-electron chi connectivity index (χ1n) is 7.49. The molecule has 2 fully saturated rings. The minimum atomic E-state index is -0.566. The average molecular weight is 333 g/mol. The molecule has 1 heterocycles. The summed E-state index contributed by atoms with van der Waals surface area (Å²) >= 11 is 6.11. The van der Waals surface area contributed by atoms with Gasteiger partial charge in [0, 0.05) is 12.1 Å². The number of nitro groups is 1. The topological polar surface area (TPSA) is 80.5 Å². The standard InChI is InChI=1S/C16H13ClN2O4/c17-11-6-5-10(19(22)23)7-12(11)18-15(20)13-8-1-2-9(4-3-8)14(13)16(18)21/h1-2,5-9,13-14H,3-4H2/t8-,9-,13-,14-/m0/s1. The van der Waals surface area contributed by atoms with Crippen molar-refractivity contribution in [1.29, 1.82) is 0 Å². The highest BCUT2D eigenvalue weighted by Crippen LogP contribution is 2.51. The molecule has 4 atom stereocenters. The minimum absolute atomic E-state index is 0.0731. The lowest BCUT2D eigenvalue weighted by atomic mass is 9.63. The van der Waals surface area contributed by atoms with Crippen LogP contribution in [0, 0.1) is 33.8 Å². The summed E-state index contributed by atoms with van der Waals surface area (Å²) in [5, 5.41) is 11.1. The van der Waals surface area contributed by atoms with Crippen molar-refractivity contribution in [1.82, 2.24) is 0 Å². The molecule has 1 aromatic rings. The third kappa shape index (κ3) is 1.94. The molecule has 1 saturated carbocycles. The van der Waals surface area contributed by atoms with Crippen LogP contribution >= 0.6 is 11.6 Å². The van der Waals surface area contributed by atoms with Crippen LogP contribution in [0.15, 0.2) is 30.4 Å². The highest BCUT2D eigenvalue weighted by atomic mass is 35.5. The Bertz CT molecular complexity index is 743. The predicted octanol–water partition coefficient (Wildman–Crippen LogP) is 2.95. The van der Waals surface area contributed by atoms with Gasteiger partial charge in [-0.3, -0.25) is 19.7 Å².